The number of ether oxygens (including phenoxy) is 1. The van der Waals surface area contributed by atoms with Gasteiger partial charge < -0.3 is 10.1 Å². The van der Waals surface area contributed by atoms with Gasteiger partial charge in [-0.1, -0.05) is 41.4 Å². The quantitative estimate of drug-likeness (QED) is 0.842. The molecule has 0 aromatic heterocycles. The number of carbonyl (C=O) groups is 1. The lowest BCUT2D eigenvalue weighted by atomic mass is 9.91. The zero-order valence-corrected chi connectivity index (χ0v) is 13.2. The van der Waals surface area contributed by atoms with Crippen molar-refractivity contribution in [2.24, 2.45) is 0 Å². The van der Waals surface area contributed by atoms with Crippen molar-refractivity contribution in [3.05, 3.63) is 64.1 Å². The summed E-state index contributed by atoms with van der Waals surface area (Å²) in [7, 11) is 1.34. The molecule has 0 saturated heterocycles. The van der Waals surface area contributed by atoms with Crippen LogP contribution in [0.5, 0.6) is 0 Å². The number of esters is 1. The molecule has 0 spiro atoms. The van der Waals surface area contributed by atoms with E-state index in [1.807, 2.05) is 30.3 Å². The number of hydrogen-bond donors (Lipinski definition) is 1. The summed E-state index contributed by atoms with van der Waals surface area (Å²) in [5.41, 5.74) is 0.201. The molecule has 2 rings (SSSR count). The Bertz CT molecular complexity index is 646. The standard InChI is InChI=1S/C16H15Cl2NO2/c1-16(15(20)21-2,19-12-6-4-3-5-7-12)13-10-11(17)8-9-14(13)18/h3-10,19H,1-2H3. The molecule has 0 amide bonds. The van der Waals surface area contributed by atoms with Crippen molar-refractivity contribution in [1.29, 1.82) is 0 Å². The molecule has 0 aliphatic rings. The normalized spacial score (nSPS) is 13.3. The molecule has 21 heavy (non-hydrogen) atoms. The minimum atomic E-state index is -1.14. The summed E-state index contributed by atoms with van der Waals surface area (Å²) < 4.78 is 4.93. The van der Waals surface area contributed by atoms with Gasteiger partial charge in [-0.25, -0.2) is 4.79 Å². The second-order valence-electron chi connectivity index (χ2n) is 4.73. The van der Waals surface area contributed by atoms with Gasteiger partial charge in [-0.2, -0.15) is 0 Å². The molecule has 0 aliphatic heterocycles. The number of halogens is 2. The summed E-state index contributed by atoms with van der Waals surface area (Å²) in [5, 5.41) is 4.11. The van der Waals surface area contributed by atoms with E-state index in [1.165, 1.54) is 7.11 Å². The van der Waals surface area contributed by atoms with Crippen LogP contribution in [0.25, 0.3) is 0 Å². The van der Waals surface area contributed by atoms with Gasteiger partial charge in [0, 0.05) is 21.3 Å². The Morgan fingerprint density at radius 2 is 1.81 bits per heavy atom. The molecule has 0 radical (unpaired) electrons. The number of methoxy groups -OCH3 is 1. The minimum absolute atomic E-state index is 0.440. The van der Waals surface area contributed by atoms with Crippen molar-refractivity contribution >= 4 is 34.9 Å². The number of benzene rings is 2. The number of nitrogens with one attached hydrogen (secondary N) is 1. The van der Waals surface area contributed by atoms with Crippen LogP contribution in [0.4, 0.5) is 5.69 Å². The van der Waals surface area contributed by atoms with Crippen LogP contribution in [0.2, 0.25) is 10.0 Å². The van der Waals surface area contributed by atoms with E-state index in [2.05, 4.69) is 5.32 Å². The molecule has 2 aromatic carbocycles. The number of rotatable bonds is 4. The average Bonchev–Trinajstić information content (AvgIpc) is 2.49. The minimum Gasteiger partial charge on any atom is -0.467 e. The van der Waals surface area contributed by atoms with E-state index in [9.17, 15) is 4.79 Å². The summed E-state index contributed by atoms with van der Waals surface area (Å²) >= 11 is 12.3. The van der Waals surface area contributed by atoms with Crippen LogP contribution >= 0.6 is 23.2 Å². The van der Waals surface area contributed by atoms with E-state index in [0.717, 1.165) is 5.69 Å². The van der Waals surface area contributed by atoms with Crippen molar-refractivity contribution in [3.8, 4) is 0 Å². The van der Waals surface area contributed by atoms with Gasteiger partial charge >= 0.3 is 5.97 Å². The molecule has 5 heteroatoms. The highest BCUT2D eigenvalue weighted by atomic mass is 35.5. The lowest BCUT2D eigenvalue weighted by molar-refractivity contribution is -0.145. The highest BCUT2D eigenvalue weighted by molar-refractivity contribution is 6.34. The Morgan fingerprint density at radius 1 is 1.14 bits per heavy atom. The summed E-state index contributed by atoms with van der Waals surface area (Å²) in [4.78, 5) is 12.3. The van der Waals surface area contributed by atoms with Gasteiger partial charge in [0.05, 0.1) is 7.11 Å². The number of hydrogen-bond acceptors (Lipinski definition) is 3. The van der Waals surface area contributed by atoms with Gasteiger partial charge in [-0.15, -0.1) is 0 Å². The van der Waals surface area contributed by atoms with E-state index in [1.54, 1.807) is 25.1 Å². The highest BCUT2D eigenvalue weighted by Gasteiger charge is 2.38. The first-order chi connectivity index (χ1) is 9.97. The zero-order valence-electron chi connectivity index (χ0n) is 11.7. The lowest BCUT2D eigenvalue weighted by Crippen LogP contribution is -2.41. The van der Waals surface area contributed by atoms with Crippen molar-refractivity contribution in [2.75, 3.05) is 12.4 Å². The predicted octanol–water partition coefficient (Wildman–Crippen LogP) is 4.49. The molecule has 3 nitrogen and oxygen atoms in total. The Labute approximate surface area is 133 Å². The molecule has 0 heterocycles. The molecule has 1 unspecified atom stereocenters. The van der Waals surface area contributed by atoms with E-state index >= 15 is 0 Å². The SMILES string of the molecule is COC(=O)C(C)(Nc1ccccc1)c1cc(Cl)ccc1Cl. The first-order valence-corrected chi connectivity index (χ1v) is 7.10. The fourth-order valence-electron chi connectivity index (χ4n) is 2.12. The fraction of sp³-hybridized carbons (Fsp3) is 0.188. The molecule has 1 atom stereocenters. The van der Waals surface area contributed by atoms with Crippen molar-refractivity contribution in [2.45, 2.75) is 12.5 Å². The van der Waals surface area contributed by atoms with Crippen LogP contribution in [0.15, 0.2) is 48.5 Å². The molecule has 0 aliphatic carbocycles. The summed E-state index contributed by atoms with van der Waals surface area (Å²) in [6.45, 7) is 1.71. The van der Waals surface area contributed by atoms with Crippen molar-refractivity contribution in [1.82, 2.24) is 0 Å². The monoisotopic (exact) mass is 323 g/mol. The van der Waals surface area contributed by atoms with Crippen LogP contribution < -0.4 is 5.32 Å². The number of anilines is 1. The summed E-state index contributed by atoms with van der Waals surface area (Å²) in [5.74, 6) is -0.449. The van der Waals surface area contributed by atoms with Gasteiger partial charge in [-0.05, 0) is 37.3 Å². The Morgan fingerprint density at radius 3 is 2.43 bits per heavy atom. The van der Waals surface area contributed by atoms with Crippen molar-refractivity contribution in [3.63, 3.8) is 0 Å². The van der Waals surface area contributed by atoms with Crippen LogP contribution in [0.3, 0.4) is 0 Å². The van der Waals surface area contributed by atoms with E-state index < -0.39 is 11.5 Å². The van der Waals surface area contributed by atoms with Gasteiger partial charge in [-0.3, -0.25) is 0 Å². The number of para-hydroxylation sites is 1. The van der Waals surface area contributed by atoms with Crippen LogP contribution in [-0.2, 0) is 15.1 Å². The molecule has 2 aromatic rings. The molecule has 1 N–H and O–H groups in total. The zero-order chi connectivity index (χ0) is 15.5. The van der Waals surface area contributed by atoms with Gasteiger partial charge in [0.15, 0.2) is 5.54 Å². The van der Waals surface area contributed by atoms with Crippen LogP contribution in [-0.4, -0.2) is 13.1 Å². The number of carbonyl (C=O) groups excluding carboxylic acids is 1. The van der Waals surface area contributed by atoms with Gasteiger partial charge in [0.25, 0.3) is 0 Å². The summed E-state index contributed by atoms with van der Waals surface area (Å²) in [6, 6.07) is 14.4. The maximum atomic E-state index is 12.3. The molecule has 0 bridgehead atoms. The van der Waals surface area contributed by atoms with E-state index in [-0.39, 0.29) is 0 Å². The third kappa shape index (κ3) is 3.31. The Balaban J connectivity index is 2.51. The third-order valence-electron chi connectivity index (χ3n) is 3.23. The second kappa shape index (κ2) is 6.37. The first-order valence-electron chi connectivity index (χ1n) is 6.34. The Kier molecular flexibility index (Phi) is 4.76. The maximum absolute atomic E-state index is 12.3. The third-order valence-corrected chi connectivity index (χ3v) is 3.79. The molecule has 0 saturated carbocycles. The molecule has 110 valence electrons. The second-order valence-corrected chi connectivity index (χ2v) is 5.58. The smallest absolute Gasteiger partial charge is 0.335 e. The van der Waals surface area contributed by atoms with Crippen LogP contribution in [0.1, 0.15) is 12.5 Å². The van der Waals surface area contributed by atoms with Crippen molar-refractivity contribution < 1.29 is 9.53 Å². The fourth-order valence-corrected chi connectivity index (χ4v) is 2.60. The molecule has 0 fully saturated rings. The van der Waals surface area contributed by atoms with Gasteiger partial charge in [0.2, 0.25) is 0 Å². The van der Waals surface area contributed by atoms with Crippen LogP contribution in [0, 0.1) is 0 Å². The summed E-state index contributed by atoms with van der Waals surface area (Å²) in [6.07, 6.45) is 0. The Hall–Kier alpha value is -1.71. The molecular formula is C16H15Cl2NO2. The predicted molar refractivity (Wildman–Crippen MR) is 85.9 cm³/mol. The van der Waals surface area contributed by atoms with E-state index in [4.69, 9.17) is 27.9 Å². The van der Waals surface area contributed by atoms with Gasteiger partial charge in [0.1, 0.15) is 0 Å². The molecular weight excluding hydrogens is 309 g/mol. The highest BCUT2D eigenvalue weighted by Crippen LogP contribution is 2.34. The maximum Gasteiger partial charge on any atom is 0.335 e. The average molecular weight is 324 g/mol. The van der Waals surface area contributed by atoms with E-state index in [0.29, 0.717) is 15.6 Å². The first kappa shape index (κ1) is 15.7. The lowest BCUT2D eigenvalue weighted by Gasteiger charge is -2.30. The largest absolute Gasteiger partial charge is 0.467 e. The topological polar surface area (TPSA) is 38.3 Å².